The first kappa shape index (κ1) is 38.1. The minimum Gasteiger partial charge on any atom is -0.350 e. The summed E-state index contributed by atoms with van der Waals surface area (Å²) < 4.78 is 67.8. The van der Waals surface area contributed by atoms with Crippen LogP contribution in [0.4, 0.5) is 0 Å². The number of fused-ring (bicyclic) bond motifs is 2. The Hall–Kier alpha value is -3.66. The van der Waals surface area contributed by atoms with Gasteiger partial charge in [0.2, 0.25) is 0 Å². The molecule has 6 rings (SSSR count). The van der Waals surface area contributed by atoms with Crippen LogP contribution in [0.3, 0.4) is 0 Å². The summed E-state index contributed by atoms with van der Waals surface area (Å²) in [5.41, 5.74) is 7.14. The Kier molecular flexibility index (Phi) is 11.3. The summed E-state index contributed by atoms with van der Waals surface area (Å²) in [6, 6.07) is 10.9. The fourth-order valence-electron chi connectivity index (χ4n) is 7.42. The molecule has 2 N–H and O–H groups in total. The molecule has 5 aromatic rings. The van der Waals surface area contributed by atoms with Gasteiger partial charge in [0.1, 0.15) is 5.65 Å². The molecule has 3 atom stereocenters. The molecule has 0 bridgehead atoms. The monoisotopic (exact) mass is 748 g/mol. The Balaban J connectivity index is 1.32. The SMILES string of the molecule is Cc1ccc2c(CCNS(=O)(=O)N3CC(C)CCC3C(Cn3cc(CC(C)C)c4cc(-c5ccncc5)cnc43)NS(=O)(=O)N(C)C)cn(C)c2c1. The molecule has 5 heterocycles. The van der Waals surface area contributed by atoms with Crippen LogP contribution >= 0.6 is 0 Å². The molecule has 1 saturated heterocycles. The Morgan fingerprint density at radius 2 is 1.71 bits per heavy atom. The summed E-state index contributed by atoms with van der Waals surface area (Å²) in [5.74, 6) is 0.481. The molecule has 0 radical (unpaired) electrons. The molecule has 280 valence electrons. The van der Waals surface area contributed by atoms with Gasteiger partial charge in [-0.15, -0.1) is 0 Å². The van der Waals surface area contributed by atoms with Crippen LogP contribution in [-0.2, 0) is 46.9 Å². The smallest absolute Gasteiger partial charge is 0.279 e. The van der Waals surface area contributed by atoms with Gasteiger partial charge in [-0.25, -0.2) is 9.71 Å². The highest BCUT2D eigenvalue weighted by molar-refractivity contribution is 7.87. The molecule has 1 aliphatic rings. The van der Waals surface area contributed by atoms with E-state index >= 15 is 0 Å². The van der Waals surface area contributed by atoms with Gasteiger partial charge in [0.05, 0.1) is 6.04 Å². The molecular weight excluding hydrogens is 697 g/mol. The van der Waals surface area contributed by atoms with Crippen molar-refractivity contribution >= 4 is 42.4 Å². The maximum absolute atomic E-state index is 14.2. The maximum Gasteiger partial charge on any atom is 0.279 e. The Labute approximate surface area is 308 Å². The maximum atomic E-state index is 14.2. The van der Waals surface area contributed by atoms with Gasteiger partial charge in [0.25, 0.3) is 20.4 Å². The Morgan fingerprint density at radius 3 is 2.42 bits per heavy atom. The number of pyridine rings is 2. The van der Waals surface area contributed by atoms with E-state index in [2.05, 4.69) is 76.4 Å². The molecule has 3 unspecified atom stereocenters. The molecule has 12 nitrogen and oxygen atoms in total. The number of nitrogens with zero attached hydrogens (tertiary/aromatic N) is 6. The summed E-state index contributed by atoms with van der Waals surface area (Å²) in [4.78, 5) is 9.05. The second-order valence-electron chi connectivity index (χ2n) is 15.0. The van der Waals surface area contributed by atoms with Crippen molar-refractivity contribution < 1.29 is 16.8 Å². The van der Waals surface area contributed by atoms with Crippen LogP contribution in [0.15, 0.2) is 67.4 Å². The zero-order valence-corrected chi connectivity index (χ0v) is 32.9. The van der Waals surface area contributed by atoms with Gasteiger partial charge in [0.15, 0.2) is 0 Å². The predicted octanol–water partition coefficient (Wildman–Crippen LogP) is 5.04. The molecule has 1 fully saturated rings. The first-order chi connectivity index (χ1) is 24.6. The summed E-state index contributed by atoms with van der Waals surface area (Å²) in [5, 5.41) is 2.09. The highest BCUT2D eigenvalue weighted by Gasteiger charge is 2.41. The third-order valence-electron chi connectivity index (χ3n) is 10.1. The lowest BCUT2D eigenvalue weighted by molar-refractivity contribution is 0.165. The number of aryl methyl sites for hydroxylation is 2. The summed E-state index contributed by atoms with van der Waals surface area (Å²) in [6.07, 6.45) is 12.0. The van der Waals surface area contributed by atoms with E-state index in [0.29, 0.717) is 18.8 Å². The van der Waals surface area contributed by atoms with Crippen LogP contribution in [0, 0.1) is 18.8 Å². The van der Waals surface area contributed by atoms with E-state index in [4.69, 9.17) is 4.98 Å². The Morgan fingerprint density at radius 1 is 0.962 bits per heavy atom. The zero-order valence-electron chi connectivity index (χ0n) is 31.2. The lowest BCUT2D eigenvalue weighted by Crippen LogP contribution is -2.61. The number of hydrogen-bond acceptors (Lipinski definition) is 6. The quantitative estimate of drug-likeness (QED) is 0.164. The van der Waals surface area contributed by atoms with Crippen LogP contribution in [0.1, 0.15) is 50.3 Å². The van der Waals surface area contributed by atoms with Crippen molar-refractivity contribution in [2.75, 3.05) is 27.2 Å². The van der Waals surface area contributed by atoms with E-state index in [1.807, 2.05) is 36.9 Å². The lowest BCUT2D eigenvalue weighted by Gasteiger charge is -2.42. The lowest BCUT2D eigenvalue weighted by atomic mass is 9.92. The standard InChI is InChI=1S/C38H52N8O4S2/c1-26(2)18-32-24-45(38-34(32)20-31(21-40-38)29-12-15-39-16-13-29)25-35(42-52(49,50)43(5)6)36-11-9-28(4)22-46(36)51(47,48)41-17-14-30-23-44(7)37-19-27(3)8-10-33(30)37/h8,10,12-13,15-16,19-21,23-24,26,28,35-36,41-42H,9,11,14,17-18,22,25H2,1-7H3. The summed E-state index contributed by atoms with van der Waals surface area (Å²) >= 11 is 0. The predicted molar refractivity (Wildman–Crippen MR) is 208 cm³/mol. The third kappa shape index (κ3) is 8.27. The second kappa shape index (κ2) is 15.4. The second-order valence-corrected chi connectivity index (χ2v) is 18.6. The molecule has 14 heteroatoms. The van der Waals surface area contributed by atoms with Crippen molar-refractivity contribution in [2.24, 2.45) is 18.9 Å². The van der Waals surface area contributed by atoms with Gasteiger partial charge in [-0.2, -0.15) is 30.2 Å². The van der Waals surface area contributed by atoms with Crippen LogP contribution in [0.5, 0.6) is 0 Å². The molecule has 1 aliphatic heterocycles. The van der Waals surface area contributed by atoms with Crippen LogP contribution < -0.4 is 9.44 Å². The zero-order chi connectivity index (χ0) is 37.4. The molecule has 4 aromatic heterocycles. The van der Waals surface area contributed by atoms with Crippen molar-refractivity contribution in [2.45, 2.75) is 72.0 Å². The average molecular weight is 749 g/mol. The highest BCUT2D eigenvalue weighted by Crippen LogP contribution is 2.31. The van der Waals surface area contributed by atoms with Crippen molar-refractivity contribution in [1.29, 1.82) is 0 Å². The van der Waals surface area contributed by atoms with Crippen molar-refractivity contribution in [3.05, 3.63) is 84.1 Å². The van der Waals surface area contributed by atoms with E-state index in [9.17, 15) is 16.8 Å². The Bertz CT molecular complexity index is 2250. The number of nitrogens with one attached hydrogen (secondary N) is 2. The first-order valence-electron chi connectivity index (χ1n) is 18.0. The molecule has 52 heavy (non-hydrogen) atoms. The molecule has 0 amide bonds. The highest BCUT2D eigenvalue weighted by atomic mass is 32.2. The molecule has 1 aromatic carbocycles. The van der Waals surface area contributed by atoms with Crippen LogP contribution in [0.25, 0.3) is 33.1 Å². The first-order valence-corrected chi connectivity index (χ1v) is 20.9. The number of piperidine rings is 1. The fraction of sp³-hybridized carbons (Fsp3) is 0.474. The van der Waals surface area contributed by atoms with Crippen molar-refractivity contribution in [3.63, 3.8) is 0 Å². The van der Waals surface area contributed by atoms with Gasteiger partial charge in [-0.05, 0) is 91.0 Å². The van der Waals surface area contributed by atoms with Gasteiger partial charge >= 0.3 is 0 Å². The summed E-state index contributed by atoms with van der Waals surface area (Å²) in [6.45, 7) is 9.12. The fourth-order valence-corrected chi connectivity index (χ4v) is 9.83. The minimum atomic E-state index is -3.99. The van der Waals surface area contributed by atoms with Gasteiger partial charge in [-0.1, -0.05) is 32.9 Å². The molecule has 0 saturated carbocycles. The number of hydrogen-bond donors (Lipinski definition) is 2. The van der Waals surface area contributed by atoms with Gasteiger partial charge in [-0.3, -0.25) is 4.98 Å². The normalized spacial score (nSPS) is 18.2. The third-order valence-corrected chi connectivity index (χ3v) is 13.3. The van der Waals surface area contributed by atoms with E-state index < -0.39 is 32.5 Å². The average Bonchev–Trinajstić information content (AvgIpc) is 3.59. The number of benzene rings is 1. The minimum absolute atomic E-state index is 0.110. The van der Waals surface area contributed by atoms with Crippen LogP contribution in [-0.4, -0.2) is 83.8 Å². The van der Waals surface area contributed by atoms with Crippen molar-refractivity contribution in [1.82, 2.24) is 37.2 Å². The topological polar surface area (TPSA) is 134 Å². The molecule has 0 spiro atoms. The van der Waals surface area contributed by atoms with E-state index in [1.165, 1.54) is 24.0 Å². The number of rotatable bonds is 14. The largest absolute Gasteiger partial charge is 0.350 e. The van der Waals surface area contributed by atoms with Crippen LogP contribution in [0.2, 0.25) is 0 Å². The van der Waals surface area contributed by atoms with Gasteiger partial charge < -0.3 is 9.13 Å². The number of aromatic nitrogens is 4. The summed E-state index contributed by atoms with van der Waals surface area (Å²) in [7, 11) is -2.98. The van der Waals surface area contributed by atoms with Crippen molar-refractivity contribution in [3.8, 4) is 11.1 Å². The van der Waals surface area contributed by atoms with Gasteiger partial charge in [0, 0.05) is 99.7 Å². The molecule has 0 aliphatic carbocycles. The van der Waals surface area contributed by atoms with E-state index in [-0.39, 0.29) is 25.6 Å². The van der Waals surface area contributed by atoms with E-state index in [0.717, 1.165) is 61.3 Å². The van der Waals surface area contributed by atoms with E-state index in [1.54, 1.807) is 12.4 Å². The molecular formula is C38H52N8O4S2.